The van der Waals surface area contributed by atoms with Gasteiger partial charge in [0.2, 0.25) is 0 Å². The van der Waals surface area contributed by atoms with E-state index >= 15 is 0 Å². The monoisotopic (exact) mass is 368 g/mol. The molecular weight excluding hydrogens is 348 g/mol. The Morgan fingerprint density at radius 2 is 1.96 bits per heavy atom. The normalized spacial score (nSPS) is 13.5. The van der Waals surface area contributed by atoms with E-state index in [0.29, 0.717) is 22.7 Å². The van der Waals surface area contributed by atoms with Gasteiger partial charge in [-0.1, -0.05) is 17.7 Å². The summed E-state index contributed by atoms with van der Waals surface area (Å²) in [5.41, 5.74) is 7.37. The molecule has 0 saturated heterocycles. The topological polar surface area (TPSA) is 109 Å². The third kappa shape index (κ3) is 4.55. The summed E-state index contributed by atoms with van der Waals surface area (Å²) in [6.07, 6.45) is 0. The molecule has 1 aliphatic heterocycles. The van der Waals surface area contributed by atoms with Crippen molar-refractivity contribution in [1.29, 1.82) is 0 Å². The number of carbonyl (C=O) groups is 3. The van der Waals surface area contributed by atoms with Crippen LogP contribution in [0.4, 0.5) is 11.4 Å². The number of hydrogen-bond acceptors (Lipinski definition) is 5. The van der Waals surface area contributed by atoms with Crippen LogP contribution >= 0.6 is 0 Å². The lowest BCUT2D eigenvalue weighted by molar-refractivity contribution is -0.122. The molecule has 0 unspecified atom stereocenters. The van der Waals surface area contributed by atoms with Gasteiger partial charge in [0.1, 0.15) is 11.8 Å². The fourth-order valence-corrected chi connectivity index (χ4v) is 2.57. The molecule has 3 rings (SSSR count). The van der Waals surface area contributed by atoms with E-state index in [-0.39, 0.29) is 12.5 Å². The van der Waals surface area contributed by atoms with E-state index in [2.05, 4.69) is 21.5 Å². The van der Waals surface area contributed by atoms with Gasteiger partial charge in [-0.3, -0.25) is 25.2 Å². The first-order valence-electron chi connectivity index (χ1n) is 8.42. The molecule has 3 amide bonds. The average Bonchev–Trinajstić information content (AvgIpc) is 2.65. The van der Waals surface area contributed by atoms with E-state index in [1.165, 1.54) is 0 Å². The van der Waals surface area contributed by atoms with Crippen LogP contribution in [-0.2, 0) is 9.59 Å². The molecule has 0 spiro atoms. The largest absolute Gasteiger partial charge is 0.482 e. The smallest absolute Gasteiger partial charge is 0.269 e. The van der Waals surface area contributed by atoms with Crippen molar-refractivity contribution in [3.8, 4) is 5.75 Å². The summed E-state index contributed by atoms with van der Waals surface area (Å²) in [5, 5.41) is 5.71. The molecule has 0 aromatic heterocycles. The van der Waals surface area contributed by atoms with Crippen molar-refractivity contribution in [3.63, 3.8) is 0 Å². The molecule has 0 radical (unpaired) electrons. The summed E-state index contributed by atoms with van der Waals surface area (Å²) in [5.74, 6) is -0.464. The van der Waals surface area contributed by atoms with E-state index in [0.717, 1.165) is 5.56 Å². The van der Waals surface area contributed by atoms with Crippen molar-refractivity contribution in [3.05, 3.63) is 53.6 Å². The molecule has 0 fully saturated rings. The molecular formula is C19H20N4O4. The highest BCUT2D eigenvalue weighted by Crippen LogP contribution is 2.30. The fraction of sp³-hybridized carbons (Fsp3) is 0.211. The molecule has 2 aromatic carbocycles. The molecule has 140 valence electrons. The Morgan fingerprint density at radius 3 is 2.74 bits per heavy atom. The second-order valence-electron chi connectivity index (χ2n) is 6.23. The van der Waals surface area contributed by atoms with Gasteiger partial charge in [0.15, 0.2) is 6.61 Å². The summed E-state index contributed by atoms with van der Waals surface area (Å²) < 4.78 is 5.29. The van der Waals surface area contributed by atoms with Crippen LogP contribution in [0.15, 0.2) is 42.5 Å². The van der Waals surface area contributed by atoms with Gasteiger partial charge >= 0.3 is 0 Å². The third-order valence-electron chi connectivity index (χ3n) is 3.97. The standard InChI is InChI=1S/C19H20N4O4/c1-11-4-3-5-13(8-11)19(26)23-22-18(25)12(2)20-14-6-7-16-15(9-14)21-17(24)10-27-16/h3-9,12,20H,10H2,1-2H3,(H,21,24)(H,22,25)(H,23,26)/t12-/m1/s1. The number of anilines is 2. The minimum atomic E-state index is -0.624. The van der Waals surface area contributed by atoms with Gasteiger partial charge in [-0.15, -0.1) is 0 Å². The van der Waals surface area contributed by atoms with E-state index in [9.17, 15) is 14.4 Å². The maximum Gasteiger partial charge on any atom is 0.269 e. The Morgan fingerprint density at radius 1 is 1.15 bits per heavy atom. The highest BCUT2D eigenvalue weighted by Gasteiger charge is 2.18. The van der Waals surface area contributed by atoms with Gasteiger partial charge in [0.25, 0.3) is 17.7 Å². The van der Waals surface area contributed by atoms with Crippen LogP contribution in [-0.4, -0.2) is 30.4 Å². The van der Waals surface area contributed by atoms with Crippen molar-refractivity contribution < 1.29 is 19.1 Å². The number of aryl methyl sites for hydroxylation is 1. The number of ether oxygens (including phenoxy) is 1. The molecule has 1 aliphatic rings. The maximum absolute atomic E-state index is 12.2. The van der Waals surface area contributed by atoms with Gasteiger partial charge < -0.3 is 15.4 Å². The molecule has 27 heavy (non-hydrogen) atoms. The number of fused-ring (bicyclic) bond motifs is 1. The second kappa shape index (κ2) is 7.77. The first-order valence-corrected chi connectivity index (χ1v) is 8.42. The van der Waals surface area contributed by atoms with Gasteiger partial charge in [0, 0.05) is 11.3 Å². The SMILES string of the molecule is Cc1cccc(C(=O)NNC(=O)[C@@H](C)Nc2ccc3c(c2)NC(=O)CO3)c1. The average molecular weight is 368 g/mol. The summed E-state index contributed by atoms with van der Waals surface area (Å²) in [7, 11) is 0. The number of benzene rings is 2. The molecule has 0 aliphatic carbocycles. The fourth-order valence-electron chi connectivity index (χ4n) is 2.57. The van der Waals surface area contributed by atoms with E-state index in [1.54, 1.807) is 43.3 Å². The van der Waals surface area contributed by atoms with E-state index in [4.69, 9.17) is 4.74 Å². The third-order valence-corrected chi connectivity index (χ3v) is 3.97. The predicted octanol–water partition coefficient (Wildman–Crippen LogP) is 1.59. The first kappa shape index (κ1) is 18.2. The van der Waals surface area contributed by atoms with Crippen molar-refractivity contribution in [1.82, 2.24) is 10.9 Å². The number of hydrazine groups is 1. The Hall–Kier alpha value is -3.55. The van der Waals surface area contributed by atoms with Crippen molar-refractivity contribution >= 4 is 29.1 Å². The highest BCUT2D eigenvalue weighted by atomic mass is 16.5. The predicted molar refractivity (Wildman–Crippen MR) is 100 cm³/mol. The summed E-state index contributed by atoms with van der Waals surface area (Å²) in [6, 6.07) is 11.6. The first-order chi connectivity index (χ1) is 12.9. The number of amides is 3. The summed E-state index contributed by atoms with van der Waals surface area (Å²) in [6.45, 7) is 3.52. The van der Waals surface area contributed by atoms with Crippen LogP contribution < -0.4 is 26.2 Å². The van der Waals surface area contributed by atoms with Gasteiger partial charge in [-0.25, -0.2) is 0 Å². The molecule has 1 heterocycles. The van der Waals surface area contributed by atoms with Crippen LogP contribution in [0.2, 0.25) is 0 Å². The minimum Gasteiger partial charge on any atom is -0.482 e. The van der Waals surface area contributed by atoms with Crippen LogP contribution in [0.3, 0.4) is 0 Å². The molecule has 4 N–H and O–H groups in total. The zero-order valence-corrected chi connectivity index (χ0v) is 15.0. The van der Waals surface area contributed by atoms with Crippen molar-refractivity contribution in [2.45, 2.75) is 19.9 Å². The Balaban J connectivity index is 1.55. The summed E-state index contributed by atoms with van der Waals surface area (Å²) >= 11 is 0. The maximum atomic E-state index is 12.2. The lowest BCUT2D eigenvalue weighted by Gasteiger charge is -2.20. The zero-order valence-electron chi connectivity index (χ0n) is 15.0. The van der Waals surface area contributed by atoms with Crippen LogP contribution in [0.1, 0.15) is 22.8 Å². The molecule has 8 nitrogen and oxygen atoms in total. The molecule has 0 bridgehead atoms. The molecule has 0 saturated carbocycles. The Kier molecular flexibility index (Phi) is 5.25. The lowest BCUT2D eigenvalue weighted by Crippen LogP contribution is -2.47. The number of rotatable bonds is 4. The van der Waals surface area contributed by atoms with Crippen molar-refractivity contribution in [2.24, 2.45) is 0 Å². The quantitative estimate of drug-likeness (QED) is 0.613. The Bertz CT molecular complexity index is 897. The lowest BCUT2D eigenvalue weighted by atomic mass is 10.1. The minimum absolute atomic E-state index is 0.0147. The van der Waals surface area contributed by atoms with E-state index < -0.39 is 17.9 Å². The van der Waals surface area contributed by atoms with Gasteiger partial charge in [-0.2, -0.15) is 0 Å². The van der Waals surface area contributed by atoms with Crippen LogP contribution in [0, 0.1) is 6.92 Å². The zero-order chi connectivity index (χ0) is 19.4. The molecule has 8 heteroatoms. The van der Waals surface area contributed by atoms with Crippen LogP contribution in [0.5, 0.6) is 5.75 Å². The van der Waals surface area contributed by atoms with Gasteiger partial charge in [-0.05, 0) is 44.2 Å². The number of hydrogen-bond donors (Lipinski definition) is 4. The molecule has 1 atom stereocenters. The van der Waals surface area contributed by atoms with E-state index in [1.807, 2.05) is 13.0 Å². The highest BCUT2D eigenvalue weighted by molar-refractivity contribution is 5.97. The Labute approximate surface area is 156 Å². The number of carbonyl (C=O) groups excluding carboxylic acids is 3. The summed E-state index contributed by atoms with van der Waals surface area (Å²) in [4.78, 5) is 35.7. The van der Waals surface area contributed by atoms with Gasteiger partial charge in [0.05, 0.1) is 5.69 Å². The van der Waals surface area contributed by atoms with Crippen LogP contribution in [0.25, 0.3) is 0 Å². The number of nitrogens with one attached hydrogen (secondary N) is 4. The second-order valence-corrected chi connectivity index (χ2v) is 6.23. The van der Waals surface area contributed by atoms with Crippen molar-refractivity contribution in [2.75, 3.05) is 17.2 Å². The molecule has 2 aromatic rings.